The molecule has 1 aromatic carbocycles. The Balaban J connectivity index is 2.11. The highest BCUT2D eigenvalue weighted by Crippen LogP contribution is 2.38. The highest BCUT2D eigenvalue weighted by Gasteiger charge is 2.40. The second-order valence-electron chi connectivity index (χ2n) is 6.66. The zero-order valence-electron chi connectivity index (χ0n) is 13.8. The molecular weight excluding hydrogens is 304 g/mol. The molecule has 0 spiro atoms. The molecule has 1 fully saturated rings. The summed E-state index contributed by atoms with van der Waals surface area (Å²) in [5, 5.41) is 0. The van der Waals surface area contributed by atoms with E-state index in [-0.39, 0.29) is 5.91 Å². The van der Waals surface area contributed by atoms with Crippen molar-refractivity contribution in [1.29, 1.82) is 0 Å². The van der Waals surface area contributed by atoms with Gasteiger partial charge in [-0.2, -0.15) is 0 Å². The number of ether oxygens (including phenoxy) is 1. The molecule has 0 atom stereocenters. The van der Waals surface area contributed by atoms with Gasteiger partial charge in [-0.25, -0.2) is 0 Å². The monoisotopic (exact) mass is 328 g/mol. The summed E-state index contributed by atoms with van der Waals surface area (Å²) in [6.07, 6.45) is 7.51. The van der Waals surface area contributed by atoms with Gasteiger partial charge in [0.2, 0.25) is 11.8 Å². The summed E-state index contributed by atoms with van der Waals surface area (Å²) in [4.78, 5) is 24.1. The van der Waals surface area contributed by atoms with Crippen molar-refractivity contribution in [2.75, 3.05) is 13.2 Å². The quantitative estimate of drug-likeness (QED) is 0.887. The lowest BCUT2D eigenvalue weighted by Gasteiger charge is -2.35. The van der Waals surface area contributed by atoms with Gasteiger partial charge in [0.15, 0.2) is 0 Å². The van der Waals surface area contributed by atoms with Crippen molar-refractivity contribution in [1.82, 2.24) is 0 Å². The number of primary amides is 2. The number of amides is 2. The molecule has 24 heavy (non-hydrogen) atoms. The van der Waals surface area contributed by atoms with Crippen molar-refractivity contribution in [3.8, 4) is 0 Å². The molecule has 2 aliphatic rings. The fourth-order valence-electron chi connectivity index (χ4n) is 3.80. The van der Waals surface area contributed by atoms with E-state index in [0.717, 1.165) is 42.4 Å². The predicted molar refractivity (Wildman–Crippen MR) is 92.3 cm³/mol. The number of allylic oxidation sites excluding steroid dienone is 2. The van der Waals surface area contributed by atoms with Gasteiger partial charge >= 0.3 is 0 Å². The SMILES string of the molecule is NC(=O)c1ccc(C2(C(N)=O)CCOCC2)cc1C1=CCCCC1. The Bertz CT molecular complexity index is 688. The van der Waals surface area contributed by atoms with Crippen LogP contribution in [0.2, 0.25) is 0 Å². The first-order valence-corrected chi connectivity index (χ1v) is 8.56. The Morgan fingerprint density at radius 3 is 2.42 bits per heavy atom. The average Bonchev–Trinajstić information content (AvgIpc) is 2.62. The van der Waals surface area contributed by atoms with Crippen molar-refractivity contribution in [3.63, 3.8) is 0 Å². The molecule has 1 aliphatic carbocycles. The summed E-state index contributed by atoms with van der Waals surface area (Å²) in [6.45, 7) is 1.02. The number of rotatable bonds is 4. The summed E-state index contributed by atoms with van der Waals surface area (Å²) in [5.74, 6) is -0.774. The van der Waals surface area contributed by atoms with Gasteiger partial charge in [-0.15, -0.1) is 0 Å². The van der Waals surface area contributed by atoms with E-state index in [1.165, 1.54) is 0 Å². The van der Waals surface area contributed by atoms with Gasteiger partial charge in [0.1, 0.15) is 0 Å². The van der Waals surface area contributed by atoms with Crippen LogP contribution in [0, 0.1) is 0 Å². The molecule has 4 N–H and O–H groups in total. The second kappa shape index (κ2) is 6.77. The number of nitrogens with two attached hydrogens (primary N) is 2. The molecule has 128 valence electrons. The molecule has 0 aromatic heterocycles. The maximum absolute atomic E-state index is 12.2. The molecule has 3 rings (SSSR count). The minimum atomic E-state index is -0.724. The van der Waals surface area contributed by atoms with E-state index in [9.17, 15) is 9.59 Å². The van der Waals surface area contributed by atoms with Crippen LogP contribution >= 0.6 is 0 Å². The number of carbonyl (C=O) groups excluding carboxylic acids is 2. The molecular formula is C19H24N2O3. The van der Waals surface area contributed by atoms with E-state index >= 15 is 0 Å². The van der Waals surface area contributed by atoms with E-state index in [2.05, 4.69) is 6.08 Å². The van der Waals surface area contributed by atoms with Crippen LogP contribution < -0.4 is 11.5 Å². The minimum Gasteiger partial charge on any atom is -0.381 e. The highest BCUT2D eigenvalue weighted by atomic mass is 16.5. The molecule has 5 nitrogen and oxygen atoms in total. The molecule has 5 heteroatoms. The first kappa shape index (κ1) is 16.7. The van der Waals surface area contributed by atoms with Gasteiger partial charge in [0, 0.05) is 18.8 Å². The molecule has 0 unspecified atom stereocenters. The van der Waals surface area contributed by atoms with E-state index in [1.54, 1.807) is 6.07 Å². The van der Waals surface area contributed by atoms with Gasteiger partial charge < -0.3 is 16.2 Å². The van der Waals surface area contributed by atoms with Crippen LogP contribution in [0.1, 0.15) is 60.0 Å². The van der Waals surface area contributed by atoms with Crippen LogP contribution in [-0.4, -0.2) is 25.0 Å². The van der Waals surface area contributed by atoms with Crippen molar-refractivity contribution in [2.45, 2.75) is 43.9 Å². The fraction of sp³-hybridized carbons (Fsp3) is 0.474. The fourth-order valence-corrected chi connectivity index (χ4v) is 3.80. The van der Waals surface area contributed by atoms with Crippen LogP contribution in [0.3, 0.4) is 0 Å². The van der Waals surface area contributed by atoms with E-state index in [0.29, 0.717) is 31.6 Å². The molecule has 1 aliphatic heterocycles. The lowest BCUT2D eigenvalue weighted by molar-refractivity contribution is -0.127. The van der Waals surface area contributed by atoms with Crippen LogP contribution in [0.4, 0.5) is 0 Å². The standard InChI is InChI=1S/C19H24N2O3/c20-17(22)15-7-6-14(12-16(15)13-4-2-1-3-5-13)19(18(21)23)8-10-24-11-9-19/h4,6-7,12H,1-3,5,8-11H2,(H2,20,22)(H2,21,23). The van der Waals surface area contributed by atoms with Crippen LogP contribution in [0.15, 0.2) is 24.3 Å². The lowest BCUT2D eigenvalue weighted by atomic mass is 9.72. The third kappa shape index (κ3) is 2.96. The lowest BCUT2D eigenvalue weighted by Crippen LogP contribution is -2.45. The molecule has 0 radical (unpaired) electrons. The van der Waals surface area contributed by atoms with Gasteiger partial charge in [-0.3, -0.25) is 9.59 Å². The topological polar surface area (TPSA) is 95.4 Å². The number of carbonyl (C=O) groups is 2. The van der Waals surface area contributed by atoms with E-state index in [4.69, 9.17) is 16.2 Å². The Kier molecular flexibility index (Phi) is 4.71. The largest absolute Gasteiger partial charge is 0.381 e. The Labute approximate surface area is 142 Å². The molecule has 2 amide bonds. The molecule has 0 bridgehead atoms. The summed E-state index contributed by atoms with van der Waals surface area (Å²) < 4.78 is 5.41. The average molecular weight is 328 g/mol. The maximum atomic E-state index is 12.2. The van der Waals surface area contributed by atoms with Crippen LogP contribution in [-0.2, 0) is 14.9 Å². The van der Waals surface area contributed by atoms with Crippen molar-refractivity contribution in [3.05, 3.63) is 41.0 Å². The van der Waals surface area contributed by atoms with Crippen molar-refractivity contribution < 1.29 is 14.3 Å². The third-order valence-corrected chi connectivity index (χ3v) is 5.29. The van der Waals surface area contributed by atoms with Crippen molar-refractivity contribution in [2.24, 2.45) is 11.5 Å². The smallest absolute Gasteiger partial charge is 0.249 e. The number of hydrogen-bond acceptors (Lipinski definition) is 3. The number of benzene rings is 1. The first-order valence-electron chi connectivity index (χ1n) is 8.56. The van der Waals surface area contributed by atoms with Gasteiger partial charge in [0.25, 0.3) is 0 Å². The molecule has 0 saturated carbocycles. The van der Waals surface area contributed by atoms with Crippen LogP contribution in [0.25, 0.3) is 5.57 Å². The van der Waals surface area contributed by atoms with Crippen molar-refractivity contribution >= 4 is 17.4 Å². The Morgan fingerprint density at radius 2 is 1.83 bits per heavy atom. The summed E-state index contributed by atoms with van der Waals surface area (Å²) in [7, 11) is 0. The first-order chi connectivity index (χ1) is 11.5. The van der Waals surface area contributed by atoms with Gasteiger partial charge in [-0.05, 0) is 67.4 Å². The maximum Gasteiger partial charge on any atom is 0.249 e. The zero-order valence-corrected chi connectivity index (χ0v) is 13.8. The summed E-state index contributed by atoms with van der Waals surface area (Å²) in [6, 6.07) is 5.51. The number of hydrogen-bond donors (Lipinski definition) is 2. The summed E-state index contributed by atoms with van der Waals surface area (Å²) in [5.41, 5.74) is 14.0. The predicted octanol–water partition coefficient (Wildman–Crippen LogP) is 2.28. The van der Waals surface area contributed by atoms with Crippen LogP contribution in [0.5, 0.6) is 0 Å². The normalized spacial score (nSPS) is 20.2. The van der Waals surface area contributed by atoms with E-state index in [1.807, 2.05) is 12.1 Å². The third-order valence-electron chi connectivity index (χ3n) is 5.29. The molecule has 1 heterocycles. The van der Waals surface area contributed by atoms with Gasteiger partial charge in [-0.1, -0.05) is 12.1 Å². The van der Waals surface area contributed by atoms with E-state index < -0.39 is 11.3 Å². The minimum absolute atomic E-state index is 0.332. The Hall–Kier alpha value is -2.14. The summed E-state index contributed by atoms with van der Waals surface area (Å²) >= 11 is 0. The zero-order chi connectivity index (χ0) is 17.2. The highest BCUT2D eigenvalue weighted by molar-refractivity contribution is 5.99. The Morgan fingerprint density at radius 1 is 1.08 bits per heavy atom. The molecule has 1 aromatic rings. The van der Waals surface area contributed by atoms with Gasteiger partial charge in [0.05, 0.1) is 5.41 Å². The second-order valence-corrected chi connectivity index (χ2v) is 6.66. The molecule has 1 saturated heterocycles.